The van der Waals surface area contributed by atoms with E-state index in [4.69, 9.17) is 9.57 Å². The maximum absolute atomic E-state index is 13.2. The second-order valence-electron chi connectivity index (χ2n) is 6.87. The van der Waals surface area contributed by atoms with Gasteiger partial charge >= 0.3 is 12.4 Å². The van der Waals surface area contributed by atoms with E-state index in [1.54, 1.807) is 0 Å². The summed E-state index contributed by atoms with van der Waals surface area (Å²) in [4.78, 5) is 5.73. The van der Waals surface area contributed by atoms with Crippen LogP contribution in [0.5, 0.6) is 0 Å². The smallest absolute Gasteiger partial charge is 0.378 e. The van der Waals surface area contributed by atoms with Gasteiger partial charge in [0.05, 0.1) is 30.4 Å². The van der Waals surface area contributed by atoms with Gasteiger partial charge in [0, 0.05) is 6.54 Å². The molecule has 0 aliphatic carbocycles. The minimum Gasteiger partial charge on any atom is -0.378 e. The third-order valence-electron chi connectivity index (χ3n) is 4.71. The average molecular weight is 437 g/mol. The van der Waals surface area contributed by atoms with Crippen molar-refractivity contribution in [3.8, 4) is 0 Å². The van der Waals surface area contributed by atoms with Crippen LogP contribution in [0.1, 0.15) is 41.3 Å². The lowest BCUT2D eigenvalue weighted by molar-refractivity contribution is -0.253. The standard InChI is InChI=1S/C20H18F7NO2/c1-12(14-8-15(19(22,23)24)10-16(9-14)20(25,26)27)30-28-6-7-29-11-18(28)13-2-4-17(21)5-3-13/h2-5,8-10,12,18H,6-7,11H2,1H3/t12-,18-/m1/s1. The van der Waals surface area contributed by atoms with Crippen LogP contribution < -0.4 is 0 Å². The van der Waals surface area contributed by atoms with Gasteiger partial charge in [0.15, 0.2) is 0 Å². The van der Waals surface area contributed by atoms with E-state index in [9.17, 15) is 30.7 Å². The Morgan fingerprint density at radius 3 is 2.07 bits per heavy atom. The van der Waals surface area contributed by atoms with E-state index in [-0.39, 0.29) is 31.4 Å². The molecule has 1 aliphatic heterocycles. The Hall–Kier alpha value is -2.17. The third kappa shape index (κ3) is 5.30. The van der Waals surface area contributed by atoms with Crippen LogP contribution >= 0.6 is 0 Å². The molecule has 0 unspecified atom stereocenters. The molecule has 0 N–H and O–H groups in total. The Kier molecular flexibility index (Phi) is 6.40. The minimum absolute atomic E-state index is 0.0757. The topological polar surface area (TPSA) is 21.7 Å². The number of rotatable bonds is 4. The predicted molar refractivity (Wildman–Crippen MR) is 92.6 cm³/mol. The number of ether oxygens (including phenoxy) is 1. The van der Waals surface area contributed by atoms with Crippen LogP contribution in [-0.2, 0) is 21.9 Å². The molecule has 0 saturated carbocycles. The van der Waals surface area contributed by atoms with Gasteiger partial charge in [-0.2, -0.15) is 31.4 Å². The van der Waals surface area contributed by atoms with Gasteiger partial charge in [0.25, 0.3) is 0 Å². The Labute approximate surface area is 168 Å². The predicted octanol–water partition coefficient (Wildman–Crippen LogP) is 5.93. The number of morpholine rings is 1. The van der Waals surface area contributed by atoms with Gasteiger partial charge in [-0.1, -0.05) is 12.1 Å². The number of hydroxylamine groups is 2. The van der Waals surface area contributed by atoms with Gasteiger partial charge in [0.1, 0.15) is 11.9 Å². The lowest BCUT2D eigenvalue weighted by Gasteiger charge is -2.36. The number of alkyl halides is 6. The van der Waals surface area contributed by atoms with E-state index < -0.39 is 41.4 Å². The van der Waals surface area contributed by atoms with E-state index in [1.807, 2.05) is 0 Å². The van der Waals surface area contributed by atoms with Gasteiger partial charge in [-0.15, -0.1) is 0 Å². The number of nitrogens with zero attached hydrogens (tertiary/aromatic N) is 1. The Morgan fingerprint density at radius 1 is 0.967 bits per heavy atom. The van der Waals surface area contributed by atoms with Crippen LogP contribution in [0.2, 0.25) is 0 Å². The molecule has 1 aliphatic rings. The highest BCUT2D eigenvalue weighted by molar-refractivity contribution is 5.34. The first-order valence-electron chi connectivity index (χ1n) is 9.01. The van der Waals surface area contributed by atoms with E-state index in [0.29, 0.717) is 17.7 Å². The summed E-state index contributed by atoms with van der Waals surface area (Å²) in [6.45, 7) is 2.04. The summed E-state index contributed by atoms with van der Waals surface area (Å²) in [5.41, 5.74) is -2.43. The highest BCUT2D eigenvalue weighted by atomic mass is 19.4. The van der Waals surface area contributed by atoms with Crippen molar-refractivity contribution in [2.75, 3.05) is 19.8 Å². The molecule has 10 heteroatoms. The largest absolute Gasteiger partial charge is 0.416 e. The van der Waals surface area contributed by atoms with Crippen molar-refractivity contribution in [1.82, 2.24) is 5.06 Å². The quantitative estimate of drug-likeness (QED) is 0.554. The van der Waals surface area contributed by atoms with Gasteiger partial charge in [-0.3, -0.25) is 4.84 Å². The van der Waals surface area contributed by atoms with Gasteiger partial charge in [0.2, 0.25) is 0 Å². The van der Waals surface area contributed by atoms with Crippen molar-refractivity contribution in [2.45, 2.75) is 31.4 Å². The van der Waals surface area contributed by atoms with Crippen LogP contribution in [0, 0.1) is 5.82 Å². The normalized spacial score (nSPS) is 19.7. The Bertz CT molecular complexity index is 833. The molecule has 0 spiro atoms. The maximum atomic E-state index is 13.2. The van der Waals surface area contributed by atoms with E-state index in [2.05, 4.69) is 0 Å². The maximum Gasteiger partial charge on any atom is 0.416 e. The molecule has 1 heterocycles. The molecular weight excluding hydrogens is 419 g/mol. The monoisotopic (exact) mass is 437 g/mol. The van der Waals surface area contributed by atoms with Crippen molar-refractivity contribution in [2.24, 2.45) is 0 Å². The molecule has 1 saturated heterocycles. The fourth-order valence-corrected chi connectivity index (χ4v) is 3.14. The molecule has 30 heavy (non-hydrogen) atoms. The first-order chi connectivity index (χ1) is 13.9. The summed E-state index contributed by atoms with van der Waals surface area (Å²) in [6.07, 6.45) is -11.0. The number of benzene rings is 2. The third-order valence-corrected chi connectivity index (χ3v) is 4.71. The van der Waals surface area contributed by atoms with Crippen LogP contribution in [0.25, 0.3) is 0 Å². The van der Waals surface area contributed by atoms with Crippen LogP contribution in [0.3, 0.4) is 0 Å². The van der Waals surface area contributed by atoms with Crippen LogP contribution in [0.4, 0.5) is 30.7 Å². The lowest BCUT2D eigenvalue weighted by Crippen LogP contribution is -2.40. The zero-order chi connectivity index (χ0) is 22.1. The average Bonchev–Trinajstić information content (AvgIpc) is 2.67. The van der Waals surface area contributed by atoms with Crippen molar-refractivity contribution in [1.29, 1.82) is 0 Å². The molecule has 3 nitrogen and oxygen atoms in total. The summed E-state index contributed by atoms with van der Waals surface area (Å²) in [6, 6.07) is 6.40. The molecule has 0 aromatic heterocycles. The molecule has 1 fully saturated rings. The van der Waals surface area contributed by atoms with Gasteiger partial charge < -0.3 is 4.74 Å². The molecule has 2 atom stereocenters. The second kappa shape index (κ2) is 8.52. The summed E-state index contributed by atoms with van der Waals surface area (Å²) >= 11 is 0. The van der Waals surface area contributed by atoms with Crippen molar-refractivity contribution in [3.05, 3.63) is 70.5 Å². The molecule has 164 valence electrons. The van der Waals surface area contributed by atoms with E-state index in [0.717, 1.165) is 0 Å². The molecular formula is C20H18F7NO2. The summed E-state index contributed by atoms with van der Waals surface area (Å²) in [7, 11) is 0. The van der Waals surface area contributed by atoms with Crippen molar-refractivity contribution >= 4 is 0 Å². The van der Waals surface area contributed by atoms with Crippen molar-refractivity contribution in [3.63, 3.8) is 0 Å². The fraction of sp³-hybridized carbons (Fsp3) is 0.400. The lowest BCUT2D eigenvalue weighted by atomic mass is 10.0. The first-order valence-corrected chi connectivity index (χ1v) is 9.01. The molecule has 2 aromatic rings. The summed E-state index contributed by atoms with van der Waals surface area (Å²) in [5, 5.41) is 1.44. The van der Waals surface area contributed by atoms with Gasteiger partial charge in [-0.25, -0.2) is 4.39 Å². The minimum atomic E-state index is -4.94. The highest BCUT2D eigenvalue weighted by Crippen LogP contribution is 2.38. The SMILES string of the molecule is C[C@@H](ON1CCOC[C@@H]1c1ccc(F)cc1)c1cc(C(F)(F)F)cc(C(F)(F)F)c1. The summed E-state index contributed by atoms with van der Waals surface area (Å²) in [5.74, 6) is -0.444. The van der Waals surface area contributed by atoms with Gasteiger partial charge in [-0.05, 0) is 48.4 Å². The first kappa shape index (κ1) is 22.5. The zero-order valence-electron chi connectivity index (χ0n) is 15.7. The number of hydrogen-bond acceptors (Lipinski definition) is 3. The van der Waals surface area contributed by atoms with E-state index >= 15 is 0 Å². The van der Waals surface area contributed by atoms with Crippen LogP contribution in [0.15, 0.2) is 42.5 Å². The Balaban J connectivity index is 1.88. The number of halogens is 7. The zero-order valence-corrected chi connectivity index (χ0v) is 15.7. The molecule has 2 aromatic carbocycles. The molecule has 0 bridgehead atoms. The van der Waals surface area contributed by atoms with Crippen LogP contribution in [-0.4, -0.2) is 24.8 Å². The molecule has 0 amide bonds. The summed E-state index contributed by atoms with van der Waals surface area (Å²) < 4.78 is 97.2. The van der Waals surface area contributed by atoms with E-state index in [1.165, 1.54) is 36.3 Å². The highest BCUT2D eigenvalue weighted by Gasteiger charge is 2.38. The van der Waals surface area contributed by atoms with Crippen molar-refractivity contribution < 1.29 is 40.3 Å². The second-order valence-corrected chi connectivity index (χ2v) is 6.87. The molecule has 0 radical (unpaired) electrons. The fourth-order valence-electron chi connectivity index (χ4n) is 3.14. The number of hydrogen-bond donors (Lipinski definition) is 0. The Morgan fingerprint density at radius 2 is 1.53 bits per heavy atom. The molecule has 3 rings (SSSR count).